The summed E-state index contributed by atoms with van der Waals surface area (Å²) in [5.74, 6) is 0.756. The minimum atomic E-state index is -0.894. The predicted octanol–water partition coefficient (Wildman–Crippen LogP) is 16.9. The number of nitrogens with zero attached hydrogens (tertiary/aromatic N) is 1. The van der Waals surface area contributed by atoms with Gasteiger partial charge in [-0.3, -0.25) is 9.59 Å². The summed E-state index contributed by atoms with van der Waals surface area (Å²) in [6.07, 6.45) is 6.87. The van der Waals surface area contributed by atoms with Gasteiger partial charge in [0.05, 0.1) is 16.2 Å². The van der Waals surface area contributed by atoms with Crippen molar-refractivity contribution < 1.29 is 9.59 Å². The Kier molecular flexibility index (Phi) is 2.49. The second-order valence-corrected chi connectivity index (χ2v) is 28.4. The molecule has 1 aliphatic heterocycles. The van der Waals surface area contributed by atoms with Crippen molar-refractivity contribution in [3.63, 3.8) is 0 Å². The standard InChI is InChI=1S/C72H17NO2/c1-2-3-4-5-12(75)73-8-69-63-54-46-39-30-22-15-13-14-16-18-17(15)24-28(22)40(46)49-43-32(24)33-25(18)29-23(16)31-27-20(14)21-19(13)26(30)35-37-34(21)38-36(27)47-41(31)48-42(29)50-44(33)53(43)62-65-59(50)56(48)64-57(47)61-52(38)51(37)60(55(63)45(35)39)67(69)68(61)70(64)11(74)7-9-6-10(73)72(69,71(9,65)70)66(62)58(49)54/h7,10H,2-6,8H2,1H3. The molecule has 26 aromatic rings. The van der Waals surface area contributed by atoms with Crippen LogP contribution in [-0.2, 0) is 31.2 Å². The van der Waals surface area contributed by atoms with E-state index in [4.69, 9.17) is 0 Å². The van der Waals surface area contributed by atoms with Crippen LogP contribution in [0.2, 0.25) is 0 Å². The first-order valence-corrected chi connectivity index (χ1v) is 28.7. The van der Waals surface area contributed by atoms with E-state index in [0.717, 1.165) is 32.2 Å². The summed E-state index contributed by atoms with van der Waals surface area (Å²) in [5.41, 5.74) is 8.11. The molecule has 0 N–H and O–H groups in total. The average Bonchev–Trinajstić information content (AvgIpc) is 1.81. The van der Waals surface area contributed by atoms with Gasteiger partial charge < -0.3 is 4.90 Å². The number of hydrogen-bond acceptors (Lipinski definition) is 2. The quantitative estimate of drug-likeness (QED) is 0.130. The van der Waals surface area contributed by atoms with Crippen molar-refractivity contribution in [2.24, 2.45) is 0 Å². The Balaban J connectivity index is 1.10. The number of rotatable bonds is 4. The maximum Gasteiger partial charge on any atom is 0.222 e. The molecule has 1 saturated heterocycles. The number of benzene rings is 17. The Hall–Kier alpha value is -8.40. The molecule has 5 atom stereocenters. The highest BCUT2D eigenvalue weighted by atomic mass is 16.2. The fourth-order valence-electron chi connectivity index (χ4n) is 29.0. The highest BCUT2D eigenvalue weighted by molar-refractivity contribution is 6.81. The van der Waals surface area contributed by atoms with E-state index < -0.39 is 21.7 Å². The van der Waals surface area contributed by atoms with Gasteiger partial charge in [0.2, 0.25) is 5.91 Å². The SMILES string of the molecule is CCCCCC(=O)N1CC23c4c5c6c7c8c9c%10c%11c%12c(c%13c%14c2c2c4c4c6c6c%15c7c7c9c9c%10c%10c%12c%12c%13c%13c%14c%14c2c2c4c6c4c6c2c%14c2c%13c%13c%12c%10c%10c9c9c7c%15c4c4c9c%10c%13c2c64)C32C1CC1=CC(=O)C58C1%112. The normalized spacial score (nSPS) is 28.4. The predicted molar refractivity (Wildman–Crippen MR) is 306 cm³/mol. The molecule has 3 nitrogen and oxygen atoms in total. The lowest BCUT2D eigenvalue weighted by atomic mass is 9.34. The van der Waals surface area contributed by atoms with E-state index >= 15 is 9.59 Å². The first-order chi connectivity index (χ1) is 37.2. The molecule has 3 heteroatoms. The molecule has 2 fully saturated rings. The topological polar surface area (TPSA) is 37.4 Å². The Labute approximate surface area is 411 Å². The largest absolute Gasteiger partial charge is 0.337 e. The Morgan fingerprint density at radius 2 is 0.733 bits per heavy atom. The van der Waals surface area contributed by atoms with E-state index in [1.165, 1.54) is 54.4 Å². The van der Waals surface area contributed by atoms with Crippen LogP contribution in [0, 0.1) is 0 Å². The van der Waals surface area contributed by atoms with Crippen molar-refractivity contribution in [2.45, 2.75) is 66.7 Å². The van der Waals surface area contributed by atoms with Gasteiger partial charge in [0, 0.05) is 24.4 Å². The van der Waals surface area contributed by atoms with Crippen molar-refractivity contribution in [2.75, 3.05) is 6.54 Å². The van der Waals surface area contributed by atoms with E-state index in [9.17, 15) is 0 Å². The van der Waals surface area contributed by atoms with Crippen molar-refractivity contribution in [1.82, 2.24) is 4.90 Å². The van der Waals surface area contributed by atoms with Gasteiger partial charge >= 0.3 is 0 Å². The van der Waals surface area contributed by atoms with Gasteiger partial charge in [0.1, 0.15) is 0 Å². The van der Waals surface area contributed by atoms with Crippen molar-refractivity contribution in [3.8, 4) is 0 Å². The van der Waals surface area contributed by atoms with E-state index in [-0.39, 0.29) is 6.04 Å². The van der Waals surface area contributed by atoms with Crippen LogP contribution in [0.25, 0.3) is 269 Å². The summed E-state index contributed by atoms with van der Waals surface area (Å²) in [7, 11) is 0. The molecule has 0 aromatic heterocycles. The maximum absolute atomic E-state index is 17.5. The van der Waals surface area contributed by atoms with Gasteiger partial charge in [-0.05, 0) is 322 Å². The molecular formula is C72H17NO2. The monoisotopic (exact) mass is 927 g/mol. The van der Waals surface area contributed by atoms with Gasteiger partial charge in [-0.15, -0.1) is 0 Å². The first-order valence-electron chi connectivity index (χ1n) is 28.7. The lowest BCUT2D eigenvalue weighted by Crippen LogP contribution is -2.71. The van der Waals surface area contributed by atoms with Crippen molar-refractivity contribution in [1.29, 1.82) is 0 Å². The molecule has 1 heterocycles. The third-order valence-corrected chi connectivity index (χ3v) is 28.6. The van der Waals surface area contributed by atoms with Crippen LogP contribution in [0.5, 0.6) is 0 Å². The zero-order chi connectivity index (χ0) is 45.2. The third kappa shape index (κ3) is 1.49. The van der Waals surface area contributed by atoms with Crippen LogP contribution in [0.1, 0.15) is 72.4 Å². The zero-order valence-corrected chi connectivity index (χ0v) is 39.2. The molecule has 322 valence electrons. The number of ketones is 1. The second-order valence-electron chi connectivity index (χ2n) is 28.4. The molecule has 1 saturated carbocycles. The fraction of sp³-hybridized carbons (Fsp3) is 0.167. The number of allylic oxidation sites excluding steroid dienone is 1. The molecule has 0 radical (unpaired) electrons. The van der Waals surface area contributed by atoms with Crippen LogP contribution < -0.4 is 0 Å². The Bertz CT molecular complexity index is 7670. The van der Waals surface area contributed by atoms with E-state index in [0.29, 0.717) is 18.1 Å². The van der Waals surface area contributed by atoms with Crippen molar-refractivity contribution in [3.05, 3.63) is 45.0 Å². The Morgan fingerprint density at radius 1 is 0.400 bits per heavy atom. The number of likely N-dealkylation sites (tertiary alicyclic amines) is 1. The second kappa shape index (κ2) is 6.48. The fourth-order valence-corrected chi connectivity index (χ4v) is 29.0. The van der Waals surface area contributed by atoms with Gasteiger partial charge in [-0.25, -0.2) is 0 Å². The first kappa shape index (κ1) is 28.9. The highest BCUT2D eigenvalue weighted by Gasteiger charge is 2.93. The molecule has 9 aliphatic rings. The lowest BCUT2D eigenvalue weighted by Gasteiger charge is -2.63. The van der Waals surface area contributed by atoms with E-state index in [1.807, 2.05) is 0 Å². The number of unbranched alkanes of at least 4 members (excludes halogenated alkanes) is 2. The van der Waals surface area contributed by atoms with Crippen LogP contribution >= 0.6 is 0 Å². The zero-order valence-electron chi connectivity index (χ0n) is 39.2. The molecule has 26 aromatic carbocycles. The summed E-state index contributed by atoms with van der Waals surface area (Å²) >= 11 is 0. The average molecular weight is 928 g/mol. The minimum absolute atomic E-state index is 0.0314. The molecular weight excluding hydrogens is 911 g/mol. The van der Waals surface area contributed by atoms with Gasteiger partial charge in [0.15, 0.2) is 5.78 Å². The highest BCUT2D eigenvalue weighted by Crippen LogP contribution is 2.94. The summed E-state index contributed by atoms with van der Waals surface area (Å²) in [4.78, 5) is 36.1. The van der Waals surface area contributed by atoms with E-state index in [2.05, 4.69) is 17.9 Å². The van der Waals surface area contributed by atoms with E-state index in [1.54, 1.807) is 254 Å². The summed E-state index contributed by atoms with van der Waals surface area (Å²) in [5, 5.41) is 78.8. The molecule has 35 rings (SSSR count). The van der Waals surface area contributed by atoms with Crippen LogP contribution in [0.3, 0.4) is 0 Å². The molecule has 75 heavy (non-hydrogen) atoms. The maximum atomic E-state index is 17.5. The minimum Gasteiger partial charge on any atom is -0.337 e. The summed E-state index contributed by atoms with van der Waals surface area (Å²) < 4.78 is 0. The summed E-state index contributed by atoms with van der Waals surface area (Å²) in [6, 6.07) is -0.0314. The Morgan fingerprint density at radius 3 is 1.15 bits per heavy atom. The number of carbonyl (C=O) groups is 2. The van der Waals surface area contributed by atoms with Crippen LogP contribution in [0.4, 0.5) is 0 Å². The van der Waals surface area contributed by atoms with Crippen LogP contribution in [-0.4, -0.2) is 29.2 Å². The number of carbonyl (C=O) groups excluding carboxylic acids is 2. The molecule has 0 bridgehead atoms. The van der Waals surface area contributed by atoms with Crippen LogP contribution in [0.15, 0.2) is 11.6 Å². The summed E-state index contributed by atoms with van der Waals surface area (Å²) in [6.45, 7) is 3.02. The molecule has 8 aliphatic carbocycles. The molecule has 4 spiro atoms. The number of amides is 1. The van der Waals surface area contributed by atoms with Gasteiger partial charge in [-0.2, -0.15) is 0 Å². The molecule has 1 amide bonds. The van der Waals surface area contributed by atoms with Gasteiger partial charge in [0.25, 0.3) is 0 Å². The third-order valence-electron chi connectivity index (χ3n) is 28.6. The lowest BCUT2D eigenvalue weighted by molar-refractivity contribution is -0.132. The smallest absolute Gasteiger partial charge is 0.222 e. The van der Waals surface area contributed by atoms with Gasteiger partial charge in [-0.1, -0.05) is 25.3 Å². The molecule has 5 unspecified atom stereocenters. The van der Waals surface area contributed by atoms with Crippen molar-refractivity contribution >= 4 is 281 Å². The number of hydrogen-bond donors (Lipinski definition) is 0.